The Bertz CT molecular complexity index is 2550. The quantitative estimate of drug-likeness (QED) is 0.204. The fourth-order valence-electron chi connectivity index (χ4n) is 7.19. The number of hydrogen-bond donors (Lipinski definition) is 0. The van der Waals surface area contributed by atoms with Gasteiger partial charge in [0.2, 0.25) is 0 Å². The molecule has 0 bridgehead atoms. The highest BCUT2D eigenvalue weighted by atomic mass is 15.1. The summed E-state index contributed by atoms with van der Waals surface area (Å²) >= 11 is 0. The number of benzene rings is 4. The number of fused-ring (bicyclic) bond motifs is 16. The predicted molar refractivity (Wildman–Crippen MR) is 166 cm³/mol. The van der Waals surface area contributed by atoms with Crippen molar-refractivity contribution in [1.82, 2.24) is 23.9 Å². The molecule has 0 saturated heterocycles. The first-order chi connectivity index (χ1) is 20.4. The van der Waals surface area contributed by atoms with Crippen LogP contribution in [0.5, 0.6) is 0 Å². The molecule has 5 aromatic heterocycles. The fourth-order valence-corrected chi connectivity index (χ4v) is 7.19. The summed E-state index contributed by atoms with van der Waals surface area (Å²) in [5.74, 6) is 0. The Kier molecular flexibility index (Phi) is 3.92. The molecule has 1 aliphatic rings. The van der Waals surface area contributed by atoms with Crippen molar-refractivity contribution in [2.75, 3.05) is 0 Å². The van der Waals surface area contributed by atoms with Crippen LogP contribution in [0, 0.1) is 0 Å². The van der Waals surface area contributed by atoms with Gasteiger partial charge in [-0.25, -0.2) is 15.0 Å². The zero-order chi connectivity index (χ0) is 26.7. The minimum Gasteiger partial charge on any atom is -0.309 e. The number of imidazole rings is 1. The first-order valence-electron chi connectivity index (χ1n) is 13.9. The van der Waals surface area contributed by atoms with Gasteiger partial charge in [0.05, 0.1) is 11.0 Å². The summed E-state index contributed by atoms with van der Waals surface area (Å²) < 4.78 is 4.59. The monoisotopic (exact) mass is 523 g/mol. The number of pyridine rings is 3. The fraction of sp³-hybridized carbons (Fsp3) is 0.0278. The third kappa shape index (κ3) is 2.63. The second-order valence-electron chi connectivity index (χ2n) is 10.9. The summed E-state index contributed by atoms with van der Waals surface area (Å²) in [6.07, 6.45) is 4.54. The lowest BCUT2D eigenvalue weighted by molar-refractivity contribution is 1.18. The zero-order valence-electron chi connectivity index (χ0n) is 21.9. The highest BCUT2D eigenvalue weighted by Gasteiger charge is 2.28. The van der Waals surface area contributed by atoms with Gasteiger partial charge in [0.1, 0.15) is 16.8 Å². The van der Waals surface area contributed by atoms with Crippen LogP contribution < -0.4 is 0 Å². The van der Waals surface area contributed by atoms with E-state index in [1.54, 1.807) is 0 Å². The van der Waals surface area contributed by atoms with Crippen molar-refractivity contribution < 1.29 is 0 Å². The van der Waals surface area contributed by atoms with Crippen LogP contribution in [0.2, 0.25) is 0 Å². The summed E-state index contributed by atoms with van der Waals surface area (Å²) in [5, 5.41) is 6.03. The molecule has 0 atom stereocenters. The van der Waals surface area contributed by atoms with Crippen LogP contribution in [0.4, 0.5) is 0 Å². The molecule has 4 aromatic carbocycles. The van der Waals surface area contributed by atoms with E-state index in [4.69, 9.17) is 15.0 Å². The summed E-state index contributed by atoms with van der Waals surface area (Å²) in [6, 6.07) is 36.9. The van der Waals surface area contributed by atoms with Gasteiger partial charge < -0.3 is 4.57 Å². The van der Waals surface area contributed by atoms with Crippen molar-refractivity contribution in [3.8, 4) is 16.8 Å². The molecule has 0 saturated carbocycles. The van der Waals surface area contributed by atoms with Crippen LogP contribution >= 0.6 is 0 Å². The molecule has 0 spiro atoms. The average Bonchev–Trinajstić information content (AvgIpc) is 3.71. The number of nitrogens with zero attached hydrogens (tertiary/aromatic N) is 5. The topological polar surface area (TPSA) is 48.0 Å². The lowest BCUT2D eigenvalue weighted by atomic mass is 9.97. The molecule has 0 amide bonds. The minimum absolute atomic E-state index is 0.841. The maximum Gasteiger partial charge on any atom is 0.166 e. The number of hydrogen-bond acceptors (Lipinski definition) is 3. The highest BCUT2D eigenvalue weighted by molar-refractivity contribution is 6.19. The standard InChI is InChI=1S/C36H21N5/c1-2-8-22(9-3-1)40-30-13-5-4-10-23(30)26-15-14-21-20-28-25(31(21)33(26)40)17-16-24-27-11-6-18-37-34(27)41-35-29(12-7-19-38-35)39-36(41)32(24)28/h1-19H,20H2. The lowest BCUT2D eigenvalue weighted by Crippen LogP contribution is -1.97. The SMILES string of the molecule is c1ccc(-n2c3ccccc3c3ccc4c(c32)-c2ccc3c5cccnc5n5c6ncccc6nc5c3c2C4)cc1. The van der Waals surface area contributed by atoms with E-state index in [1.165, 1.54) is 60.5 Å². The third-order valence-corrected chi connectivity index (χ3v) is 8.82. The Labute approximate surface area is 234 Å². The molecule has 0 fully saturated rings. The van der Waals surface area contributed by atoms with E-state index < -0.39 is 0 Å². The second-order valence-corrected chi connectivity index (χ2v) is 10.9. The predicted octanol–water partition coefficient (Wildman–Crippen LogP) is 8.25. The molecule has 41 heavy (non-hydrogen) atoms. The van der Waals surface area contributed by atoms with E-state index in [-0.39, 0.29) is 0 Å². The molecule has 0 radical (unpaired) electrons. The summed E-state index contributed by atoms with van der Waals surface area (Å²) in [6.45, 7) is 0. The van der Waals surface area contributed by atoms with Crippen LogP contribution in [0.25, 0.3) is 77.2 Å². The molecule has 5 nitrogen and oxygen atoms in total. The molecule has 10 rings (SSSR count). The van der Waals surface area contributed by atoms with Crippen LogP contribution in [0.15, 0.2) is 116 Å². The molecule has 5 heteroatoms. The van der Waals surface area contributed by atoms with Crippen LogP contribution in [-0.4, -0.2) is 23.9 Å². The van der Waals surface area contributed by atoms with Crippen molar-refractivity contribution >= 4 is 60.4 Å². The van der Waals surface area contributed by atoms with E-state index >= 15 is 0 Å². The highest BCUT2D eigenvalue weighted by Crippen LogP contribution is 2.48. The van der Waals surface area contributed by atoms with E-state index in [2.05, 4.69) is 93.9 Å². The number of rotatable bonds is 1. The normalized spacial score (nSPS) is 12.8. The largest absolute Gasteiger partial charge is 0.309 e. The Morgan fingerprint density at radius 1 is 0.585 bits per heavy atom. The Morgan fingerprint density at radius 2 is 1.37 bits per heavy atom. The molecule has 0 aliphatic heterocycles. The summed E-state index contributed by atoms with van der Waals surface area (Å²) in [4.78, 5) is 14.7. The number of para-hydroxylation sites is 2. The minimum atomic E-state index is 0.841. The maximum atomic E-state index is 5.15. The van der Waals surface area contributed by atoms with Crippen molar-refractivity contribution in [3.05, 3.63) is 127 Å². The molecular formula is C36H21N5. The third-order valence-electron chi connectivity index (χ3n) is 8.82. The van der Waals surface area contributed by atoms with Crippen molar-refractivity contribution in [1.29, 1.82) is 0 Å². The molecule has 1 aliphatic carbocycles. The Morgan fingerprint density at radius 3 is 2.29 bits per heavy atom. The van der Waals surface area contributed by atoms with Gasteiger partial charge in [-0.15, -0.1) is 0 Å². The average molecular weight is 524 g/mol. The van der Waals surface area contributed by atoms with Gasteiger partial charge in [0.25, 0.3) is 0 Å². The first-order valence-corrected chi connectivity index (χ1v) is 13.9. The Hall–Kier alpha value is -5.55. The lowest BCUT2D eigenvalue weighted by Gasteiger charge is -2.13. The van der Waals surface area contributed by atoms with Crippen LogP contribution in [-0.2, 0) is 6.42 Å². The van der Waals surface area contributed by atoms with Crippen molar-refractivity contribution in [2.24, 2.45) is 0 Å². The van der Waals surface area contributed by atoms with Crippen molar-refractivity contribution in [3.63, 3.8) is 0 Å². The van der Waals surface area contributed by atoms with Gasteiger partial charge in [-0.3, -0.25) is 4.40 Å². The van der Waals surface area contributed by atoms with Gasteiger partial charge in [0.15, 0.2) is 5.65 Å². The van der Waals surface area contributed by atoms with Crippen LogP contribution in [0.1, 0.15) is 11.1 Å². The second kappa shape index (κ2) is 7.55. The van der Waals surface area contributed by atoms with E-state index in [0.29, 0.717) is 0 Å². The van der Waals surface area contributed by atoms with Gasteiger partial charge in [-0.1, -0.05) is 60.7 Å². The number of aromatic nitrogens is 5. The Balaban J connectivity index is 1.40. The molecule has 190 valence electrons. The van der Waals surface area contributed by atoms with Crippen molar-refractivity contribution in [2.45, 2.75) is 6.42 Å². The molecular weight excluding hydrogens is 502 g/mol. The van der Waals surface area contributed by atoms with Crippen LogP contribution in [0.3, 0.4) is 0 Å². The summed E-state index contributed by atoms with van der Waals surface area (Å²) in [7, 11) is 0. The molecule has 5 heterocycles. The van der Waals surface area contributed by atoms with Gasteiger partial charge in [0, 0.05) is 45.2 Å². The molecule has 9 aromatic rings. The van der Waals surface area contributed by atoms with Gasteiger partial charge in [-0.05, 0) is 71.0 Å². The summed E-state index contributed by atoms with van der Waals surface area (Å²) in [5.41, 5.74) is 12.5. The van der Waals surface area contributed by atoms with E-state index in [9.17, 15) is 0 Å². The zero-order valence-corrected chi connectivity index (χ0v) is 21.9. The molecule has 0 N–H and O–H groups in total. The first kappa shape index (κ1) is 21.3. The smallest absolute Gasteiger partial charge is 0.166 e. The van der Waals surface area contributed by atoms with E-state index in [1.807, 2.05) is 30.6 Å². The molecule has 0 unspecified atom stereocenters. The van der Waals surface area contributed by atoms with E-state index in [0.717, 1.165) is 34.3 Å². The maximum absolute atomic E-state index is 5.15. The van der Waals surface area contributed by atoms with Gasteiger partial charge >= 0.3 is 0 Å². The van der Waals surface area contributed by atoms with Gasteiger partial charge in [-0.2, -0.15) is 0 Å².